The molecule has 1 aliphatic rings. The second-order valence-corrected chi connectivity index (χ2v) is 4.78. The van der Waals surface area contributed by atoms with E-state index >= 15 is 0 Å². The summed E-state index contributed by atoms with van der Waals surface area (Å²) in [5, 5.41) is 20.6. The fourth-order valence-corrected chi connectivity index (χ4v) is 2.32. The highest BCUT2D eigenvalue weighted by atomic mass is 16.5. The Hall–Kier alpha value is -2.64. The van der Waals surface area contributed by atoms with Gasteiger partial charge in [-0.2, -0.15) is 4.68 Å². The average Bonchev–Trinajstić information content (AvgIpc) is 3.16. The van der Waals surface area contributed by atoms with Gasteiger partial charge < -0.3 is 14.6 Å². The second kappa shape index (κ2) is 5.04. The molecule has 1 heterocycles. The van der Waals surface area contributed by atoms with Gasteiger partial charge in [-0.05, 0) is 29.0 Å². The summed E-state index contributed by atoms with van der Waals surface area (Å²) in [6.07, 6.45) is 0.559. The SMILES string of the molecule is COc1ccc(-n2nnnc2C2CC2C(=O)O)cc1OC. The molecule has 110 valence electrons. The number of aliphatic carboxylic acids is 1. The first-order valence-corrected chi connectivity index (χ1v) is 6.39. The molecule has 0 spiro atoms. The van der Waals surface area contributed by atoms with E-state index in [0.717, 1.165) is 0 Å². The van der Waals surface area contributed by atoms with Crippen molar-refractivity contribution in [2.45, 2.75) is 12.3 Å². The normalized spacial score (nSPS) is 20.1. The Morgan fingerprint density at radius 1 is 1.33 bits per heavy atom. The highest BCUT2D eigenvalue weighted by Crippen LogP contribution is 2.47. The average molecular weight is 290 g/mol. The topological polar surface area (TPSA) is 99.4 Å². The Balaban J connectivity index is 1.95. The molecule has 1 saturated carbocycles. The van der Waals surface area contributed by atoms with Gasteiger partial charge in [0.1, 0.15) is 0 Å². The molecule has 2 aromatic rings. The smallest absolute Gasteiger partial charge is 0.307 e. The Morgan fingerprint density at radius 3 is 2.71 bits per heavy atom. The number of methoxy groups -OCH3 is 2. The molecule has 21 heavy (non-hydrogen) atoms. The van der Waals surface area contributed by atoms with E-state index in [1.54, 1.807) is 32.4 Å². The first-order valence-electron chi connectivity index (χ1n) is 6.39. The van der Waals surface area contributed by atoms with Gasteiger partial charge in [0.05, 0.1) is 25.8 Å². The molecule has 1 fully saturated rings. The molecule has 2 atom stereocenters. The zero-order valence-corrected chi connectivity index (χ0v) is 11.6. The third-order valence-electron chi connectivity index (χ3n) is 3.54. The summed E-state index contributed by atoms with van der Waals surface area (Å²) in [6.45, 7) is 0. The lowest BCUT2D eigenvalue weighted by Gasteiger charge is -2.10. The molecule has 0 radical (unpaired) electrons. The number of hydrogen-bond donors (Lipinski definition) is 1. The van der Waals surface area contributed by atoms with E-state index in [1.807, 2.05) is 0 Å². The summed E-state index contributed by atoms with van der Waals surface area (Å²) in [7, 11) is 3.10. The standard InChI is InChI=1S/C13H14N4O4/c1-20-10-4-3-7(5-11(10)21-2)17-12(14-15-16-17)8-6-9(8)13(18)19/h3-5,8-9H,6H2,1-2H3,(H,18,19). The molecule has 8 nitrogen and oxygen atoms in total. The van der Waals surface area contributed by atoms with E-state index in [9.17, 15) is 4.79 Å². The molecule has 1 aliphatic carbocycles. The molecule has 1 N–H and O–H groups in total. The fraction of sp³-hybridized carbons (Fsp3) is 0.385. The molecule has 0 aliphatic heterocycles. The minimum Gasteiger partial charge on any atom is -0.493 e. The van der Waals surface area contributed by atoms with Crippen LogP contribution in [0.1, 0.15) is 18.2 Å². The number of benzene rings is 1. The van der Waals surface area contributed by atoms with Crippen molar-refractivity contribution in [3.8, 4) is 17.2 Å². The Bertz CT molecular complexity index is 685. The number of tetrazole rings is 1. The summed E-state index contributed by atoms with van der Waals surface area (Å²) in [5.41, 5.74) is 0.698. The van der Waals surface area contributed by atoms with Crippen molar-refractivity contribution in [3.05, 3.63) is 24.0 Å². The van der Waals surface area contributed by atoms with Gasteiger partial charge in [0, 0.05) is 12.0 Å². The predicted octanol–water partition coefficient (Wildman–Crippen LogP) is 0.868. The maximum Gasteiger partial charge on any atom is 0.307 e. The van der Waals surface area contributed by atoms with Gasteiger partial charge in [-0.3, -0.25) is 4.79 Å². The first kappa shape index (κ1) is 13.3. The van der Waals surface area contributed by atoms with Gasteiger partial charge in [-0.15, -0.1) is 5.10 Å². The minimum absolute atomic E-state index is 0.148. The third kappa shape index (κ3) is 2.28. The van der Waals surface area contributed by atoms with Crippen LogP contribution in [0, 0.1) is 5.92 Å². The highest BCUT2D eigenvalue weighted by Gasteiger charge is 2.47. The molecule has 0 bridgehead atoms. The van der Waals surface area contributed by atoms with Crippen molar-refractivity contribution in [3.63, 3.8) is 0 Å². The van der Waals surface area contributed by atoms with Gasteiger partial charge in [-0.1, -0.05) is 0 Å². The van der Waals surface area contributed by atoms with Crippen molar-refractivity contribution < 1.29 is 19.4 Å². The molecule has 1 aromatic carbocycles. The van der Waals surface area contributed by atoms with Crippen LogP contribution in [-0.2, 0) is 4.79 Å². The number of aromatic nitrogens is 4. The molecule has 2 unspecified atom stereocenters. The van der Waals surface area contributed by atoms with Crippen molar-refractivity contribution in [2.24, 2.45) is 5.92 Å². The third-order valence-corrected chi connectivity index (χ3v) is 3.54. The number of carboxylic acids is 1. The molecule has 3 rings (SSSR count). The molecular weight excluding hydrogens is 276 g/mol. The monoisotopic (exact) mass is 290 g/mol. The molecule has 8 heteroatoms. The predicted molar refractivity (Wildman–Crippen MR) is 70.7 cm³/mol. The number of carbonyl (C=O) groups is 1. The number of rotatable bonds is 5. The zero-order chi connectivity index (χ0) is 15.0. The lowest BCUT2D eigenvalue weighted by molar-refractivity contribution is -0.138. The van der Waals surface area contributed by atoms with Crippen LogP contribution in [0.25, 0.3) is 5.69 Å². The fourth-order valence-electron chi connectivity index (χ4n) is 2.32. The number of nitrogens with zero attached hydrogens (tertiary/aromatic N) is 4. The van der Waals surface area contributed by atoms with Crippen LogP contribution >= 0.6 is 0 Å². The van der Waals surface area contributed by atoms with Crippen molar-refractivity contribution >= 4 is 5.97 Å². The minimum atomic E-state index is -0.818. The molecular formula is C13H14N4O4. The highest BCUT2D eigenvalue weighted by molar-refractivity contribution is 5.74. The van der Waals surface area contributed by atoms with Crippen molar-refractivity contribution in [2.75, 3.05) is 14.2 Å². The number of ether oxygens (including phenoxy) is 2. The van der Waals surface area contributed by atoms with Gasteiger partial charge in [0.15, 0.2) is 17.3 Å². The van der Waals surface area contributed by atoms with Gasteiger partial charge >= 0.3 is 5.97 Å². The summed E-state index contributed by atoms with van der Waals surface area (Å²) in [4.78, 5) is 11.0. The van der Waals surface area contributed by atoms with E-state index < -0.39 is 11.9 Å². The lowest BCUT2D eigenvalue weighted by atomic mass is 10.2. The molecule has 1 aromatic heterocycles. The maximum atomic E-state index is 11.0. The van der Waals surface area contributed by atoms with E-state index in [0.29, 0.717) is 29.4 Å². The summed E-state index contributed by atoms with van der Waals surface area (Å²) in [5.74, 6) is 0.338. The molecule has 0 amide bonds. The van der Waals surface area contributed by atoms with Gasteiger partial charge in [0.2, 0.25) is 0 Å². The van der Waals surface area contributed by atoms with Gasteiger partial charge in [0.25, 0.3) is 0 Å². The van der Waals surface area contributed by atoms with Gasteiger partial charge in [-0.25, -0.2) is 0 Å². The van der Waals surface area contributed by atoms with Crippen LogP contribution in [0.5, 0.6) is 11.5 Å². The van der Waals surface area contributed by atoms with Crippen LogP contribution in [0.2, 0.25) is 0 Å². The first-order chi connectivity index (χ1) is 10.2. The zero-order valence-electron chi connectivity index (χ0n) is 11.6. The summed E-state index contributed by atoms with van der Waals surface area (Å²) >= 11 is 0. The lowest BCUT2D eigenvalue weighted by Crippen LogP contribution is -2.06. The Labute approximate surface area is 120 Å². The largest absolute Gasteiger partial charge is 0.493 e. The Kier molecular flexibility index (Phi) is 3.20. The van der Waals surface area contributed by atoms with Crippen molar-refractivity contribution in [1.82, 2.24) is 20.2 Å². The van der Waals surface area contributed by atoms with Crippen molar-refractivity contribution in [1.29, 1.82) is 0 Å². The number of carboxylic acid groups (broad SMARTS) is 1. The van der Waals surface area contributed by atoms with Crippen LogP contribution in [0.15, 0.2) is 18.2 Å². The van der Waals surface area contributed by atoms with E-state index in [1.165, 1.54) is 4.68 Å². The van der Waals surface area contributed by atoms with E-state index in [4.69, 9.17) is 14.6 Å². The Morgan fingerprint density at radius 2 is 2.10 bits per heavy atom. The second-order valence-electron chi connectivity index (χ2n) is 4.78. The van der Waals surface area contributed by atoms with E-state index in [-0.39, 0.29) is 5.92 Å². The van der Waals surface area contributed by atoms with E-state index in [2.05, 4.69) is 15.5 Å². The summed E-state index contributed by atoms with van der Waals surface area (Å²) < 4.78 is 12.0. The van der Waals surface area contributed by atoms with Crippen LogP contribution in [-0.4, -0.2) is 45.5 Å². The van der Waals surface area contributed by atoms with Crippen LogP contribution in [0.3, 0.4) is 0 Å². The number of hydrogen-bond acceptors (Lipinski definition) is 6. The molecule has 0 saturated heterocycles. The van der Waals surface area contributed by atoms with Crippen LogP contribution in [0.4, 0.5) is 0 Å². The van der Waals surface area contributed by atoms with Crippen LogP contribution < -0.4 is 9.47 Å². The quantitative estimate of drug-likeness (QED) is 0.872. The maximum absolute atomic E-state index is 11.0. The summed E-state index contributed by atoms with van der Waals surface area (Å²) in [6, 6.07) is 5.29.